The van der Waals surface area contributed by atoms with Crippen molar-refractivity contribution >= 4 is 5.90 Å². The maximum absolute atomic E-state index is 7.17. The van der Waals surface area contributed by atoms with Crippen molar-refractivity contribution in [2.24, 2.45) is 0 Å². The molecule has 0 amide bonds. The molecule has 2 nitrogen and oxygen atoms in total. The van der Waals surface area contributed by atoms with Gasteiger partial charge in [0.15, 0.2) is 0 Å². The summed E-state index contributed by atoms with van der Waals surface area (Å²) in [5.41, 5.74) is 0.761. The van der Waals surface area contributed by atoms with Crippen LogP contribution in [-0.4, -0.2) is 12.5 Å². The van der Waals surface area contributed by atoms with Crippen molar-refractivity contribution in [2.45, 2.75) is 20.3 Å². The van der Waals surface area contributed by atoms with Crippen LogP contribution in [0, 0.1) is 5.41 Å². The van der Waals surface area contributed by atoms with Gasteiger partial charge >= 0.3 is 0 Å². The minimum absolute atomic E-state index is 0.222. The minimum atomic E-state index is 0.222. The predicted molar refractivity (Wildman–Crippen MR) is 38.8 cm³/mol. The Morgan fingerprint density at radius 1 is 1.56 bits per heavy atom. The van der Waals surface area contributed by atoms with Crippen LogP contribution in [0.1, 0.15) is 20.3 Å². The lowest BCUT2D eigenvalue weighted by Gasteiger charge is -2.03. The molecule has 0 unspecified atom stereocenters. The van der Waals surface area contributed by atoms with E-state index in [9.17, 15) is 0 Å². The molecule has 0 aromatic heterocycles. The second-order valence-corrected chi connectivity index (χ2v) is 1.72. The SMILES string of the molecule is C=C(CC)C(=N)OCC. The third-order valence-corrected chi connectivity index (χ3v) is 1.04. The van der Waals surface area contributed by atoms with E-state index in [4.69, 9.17) is 10.1 Å². The summed E-state index contributed by atoms with van der Waals surface area (Å²) in [4.78, 5) is 0. The molecular weight excluding hydrogens is 114 g/mol. The molecule has 0 saturated heterocycles. The van der Waals surface area contributed by atoms with Gasteiger partial charge in [-0.25, -0.2) is 0 Å². The van der Waals surface area contributed by atoms with E-state index < -0.39 is 0 Å². The van der Waals surface area contributed by atoms with Crippen LogP contribution in [-0.2, 0) is 4.74 Å². The largest absolute Gasteiger partial charge is 0.478 e. The highest BCUT2D eigenvalue weighted by molar-refractivity contribution is 5.90. The van der Waals surface area contributed by atoms with Crippen LogP contribution >= 0.6 is 0 Å². The zero-order valence-corrected chi connectivity index (χ0v) is 6.03. The molecule has 0 radical (unpaired) electrons. The third kappa shape index (κ3) is 2.90. The van der Waals surface area contributed by atoms with Crippen molar-refractivity contribution in [3.8, 4) is 0 Å². The number of hydrogen-bond donors (Lipinski definition) is 1. The van der Waals surface area contributed by atoms with Crippen LogP contribution in [0.15, 0.2) is 12.2 Å². The first-order valence-electron chi connectivity index (χ1n) is 3.11. The van der Waals surface area contributed by atoms with Crippen molar-refractivity contribution in [1.82, 2.24) is 0 Å². The molecular formula is C7H13NO. The molecule has 9 heavy (non-hydrogen) atoms. The zero-order chi connectivity index (χ0) is 7.28. The van der Waals surface area contributed by atoms with Crippen molar-refractivity contribution in [2.75, 3.05) is 6.61 Å². The van der Waals surface area contributed by atoms with Crippen LogP contribution in [0.3, 0.4) is 0 Å². The fourth-order valence-electron chi connectivity index (χ4n) is 0.407. The van der Waals surface area contributed by atoms with Crippen molar-refractivity contribution in [3.05, 3.63) is 12.2 Å². The summed E-state index contributed by atoms with van der Waals surface area (Å²) in [6, 6.07) is 0. The highest BCUT2D eigenvalue weighted by atomic mass is 16.5. The summed E-state index contributed by atoms with van der Waals surface area (Å²) >= 11 is 0. The zero-order valence-electron chi connectivity index (χ0n) is 6.03. The van der Waals surface area contributed by atoms with E-state index in [2.05, 4.69) is 6.58 Å². The number of hydrogen-bond acceptors (Lipinski definition) is 2. The fourth-order valence-corrected chi connectivity index (χ4v) is 0.407. The molecule has 0 fully saturated rings. The molecule has 0 aliphatic carbocycles. The molecule has 0 bridgehead atoms. The molecule has 0 aromatic carbocycles. The minimum Gasteiger partial charge on any atom is -0.478 e. The van der Waals surface area contributed by atoms with Gasteiger partial charge in [-0.05, 0) is 13.3 Å². The first kappa shape index (κ1) is 8.21. The molecule has 2 heteroatoms. The van der Waals surface area contributed by atoms with E-state index in [0.717, 1.165) is 12.0 Å². The van der Waals surface area contributed by atoms with Gasteiger partial charge in [-0.1, -0.05) is 13.5 Å². The third-order valence-electron chi connectivity index (χ3n) is 1.04. The lowest BCUT2D eigenvalue weighted by Crippen LogP contribution is -2.04. The Morgan fingerprint density at radius 3 is 2.44 bits per heavy atom. The average molecular weight is 127 g/mol. The Morgan fingerprint density at radius 2 is 2.11 bits per heavy atom. The highest BCUT2D eigenvalue weighted by Crippen LogP contribution is 1.98. The fraction of sp³-hybridized carbons (Fsp3) is 0.571. The number of nitrogens with one attached hydrogen (secondary N) is 1. The normalized spacial score (nSPS) is 8.67. The summed E-state index contributed by atoms with van der Waals surface area (Å²) in [7, 11) is 0. The molecule has 0 aliphatic rings. The van der Waals surface area contributed by atoms with Crippen molar-refractivity contribution in [1.29, 1.82) is 5.41 Å². The Labute approximate surface area is 56.0 Å². The molecule has 0 heterocycles. The van der Waals surface area contributed by atoms with Gasteiger partial charge < -0.3 is 4.74 Å². The second kappa shape index (κ2) is 4.13. The lowest BCUT2D eigenvalue weighted by molar-refractivity contribution is 0.324. The molecule has 0 saturated carbocycles. The van der Waals surface area contributed by atoms with Gasteiger partial charge in [0.05, 0.1) is 6.61 Å². The summed E-state index contributed by atoms with van der Waals surface area (Å²) in [5, 5.41) is 7.17. The van der Waals surface area contributed by atoms with Gasteiger partial charge in [-0.15, -0.1) is 0 Å². The predicted octanol–water partition coefficient (Wildman–Crippen LogP) is 1.97. The monoisotopic (exact) mass is 127 g/mol. The highest BCUT2D eigenvalue weighted by Gasteiger charge is 1.97. The van der Waals surface area contributed by atoms with Crippen molar-refractivity contribution < 1.29 is 4.74 Å². The standard InChI is InChI=1S/C7H13NO/c1-4-6(3)7(8)9-5-2/h8H,3-5H2,1-2H3. The molecule has 0 aliphatic heterocycles. The van der Waals surface area contributed by atoms with Crippen molar-refractivity contribution in [3.63, 3.8) is 0 Å². The summed E-state index contributed by atoms with van der Waals surface area (Å²) < 4.78 is 4.88. The van der Waals surface area contributed by atoms with Gasteiger partial charge in [0.25, 0.3) is 0 Å². The van der Waals surface area contributed by atoms with E-state index in [1.54, 1.807) is 0 Å². The quantitative estimate of drug-likeness (QED) is 0.456. The number of ether oxygens (including phenoxy) is 1. The Hall–Kier alpha value is -0.790. The number of rotatable bonds is 3. The molecule has 52 valence electrons. The van der Waals surface area contributed by atoms with E-state index in [-0.39, 0.29) is 5.90 Å². The van der Waals surface area contributed by atoms with Gasteiger partial charge in [0.2, 0.25) is 5.90 Å². The van der Waals surface area contributed by atoms with Crippen LogP contribution in [0.25, 0.3) is 0 Å². The molecule has 0 spiro atoms. The van der Waals surface area contributed by atoms with Gasteiger partial charge in [0, 0.05) is 5.57 Å². The molecule has 0 atom stereocenters. The Bertz CT molecular complexity index is 118. The maximum Gasteiger partial charge on any atom is 0.208 e. The maximum atomic E-state index is 7.17. The summed E-state index contributed by atoms with van der Waals surface area (Å²) in [6.07, 6.45) is 0.791. The van der Waals surface area contributed by atoms with Crippen LogP contribution in [0.2, 0.25) is 0 Å². The summed E-state index contributed by atoms with van der Waals surface area (Å²) in [5.74, 6) is 0.222. The smallest absolute Gasteiger partial charge is 0.208 e. The first-order chi connectivity index (χ1) is 4.22. The van der Waals surface area contributed by atoms with Crippen LogP contribution in [0.4, 0.5) is 0 Å². The van der Waals surface area contributed by atoms with E-state index >= 15 is 0 Å². The second-order valence-electron chi connectivity index (χ2n) is 1.72. The van der Waals surface area contributed by atoms with Gasteiger partial charge in [-0.3, -0.25) is 5.41 Å². The van der Waals surface area contributed by atoms with Crippen LogP contribution < -0.4 is 0 Å². The topological polar surface area (TPSA) is 33.1 Å². The lowest BCUT2D eigenvalue weighted by atomic mass is 10.2. The van der Waals surface area contributed by atoms with E-state index in [1.165, 1.54) is 0 Å². The first-order valence-corrected chi connectivity index (χ1v) is 3.11. The van der Waals surface area contributed by atoms with E-state index in [1.807, 2.05) is 13.8 Å². The van der Waals surface area contributed by atoms with E-state index in [0.29, 0.717) is 6.61 Å². The Kier molecular flexibility index (Phi) is 3.76. The van der Waals surface area contributed by atoms with Crippen LogP contribution in [0.5, 0.6) is 0 Å². The Balaban J connectivity index is 3.60. The van der Waals surface area contributed by atoms with Gasteiger partial charge in [0.1, 0.15) is 0 Å². The molecule has 0 rings (SSSR count). The van der Waals surface area contributed by atoms with Gasteiger partial charge in [-0.2, -0.15) is 0 Å². The average Bonchev–Trinajstić information content (AvgIpc) is 1.87. The molecule has 0 aromatic rings. The summed E-state index contributed by atoms with van der Waals surface area (Å²) in [6.45, 7) is 8.01. The molecule has 1 N–H and O–H groups in total.